The highest BCUT2D eigenvalue weighted by Crippen LogP contribution is 2.64. The highest BCUT2D eigenvalue weighted by Gasteiger charge is 2.68. The van der Waals surface area contributed by atoms with Crippen molar-refractivity contribution in [2.24, 2.45) is 5.92 Å². The molecule has 0 radical (unpaired) electrons. The zero-order valence-electron chi connectivity index (χ0n) is 17.0. The molecule has 1 aromatic heterocycles. The highest BCUT2D eigenvalue weighted by atomic mass is 16.6. The van der Waals surface area contributed by atoms with Crippen LogP contribution in [0.5, 0.6) is 5.88 Å². The van der Waals surface area contributed by atoms with Gasteiger partial charge in [0.1, 0.15) is 18.5 Å². The van der Waals surface area contributed by atoms with Crippen LogP contribution in [0.4, 0.5) is 0 Å². The summed E-state index contributed by atoms with van der Waals surface area (Å²) in [5.41, 5.74) is 0.725. The van der Waals surface area contributed by atoms with Gasteiger partial charge >= 0.3 is 0 Å². The van der Waals surface area contributed by atoms with E-state index in [4.69, 9.17) is 18.7 Å². The number of aliphatic hydroxyl groups excluding tert-OH is 1. The maximum atomic E-state index is 11.6. The smallest absolute Gasteiger partial charge is 0.260 e. The quantitative estimate of drug-likeness (QED) is 0.811. The maximum absolute atomic E-state index is 11.6. The van der Waals surface area contributed by atoms with Crippen molar-refractivity contribution in [2.45, 2.75) is 49.7 Å². The highest BCUT2D eigenvalue weighted by molar-refractivity contribution is 5.46. The minimum Gasteiger partial charge on any atom is -0.498 e. The zero-order chi connectivity index (χ0) is 20.3. The molecule has 1 aromatic carbocycles. The van der Waals surface area contributed by atoms with Crippen LogP contribution in [0.15, 0.2) is 46.7 Å². The van der Waals surface area contributed by atoms with Gasteiger partial charge < -0.3 is 23.8 Å². The minimum atomic E-state index is -0.952. The number of aliphatic hydroxyl groups is 1. The predicted molar refractivity (Wildman–Crippen MR) is 107 cm³/mol. The van der Waals surface area contributed by atoms with E-state index in [1.165, 1.54) is 0 Å². The summed E-state index contributed by atoms with van der Waals surface area (Å²) in [5.74, 6) is 1.82. The Bertz CT molecular complexity index is 967. The summed E-state index contributed by atoms with van der Waals surface area (Å²) >= 11 is 0. The Morgan fingerprint density at radius 2 is 2.03 bits per heavy atom. The van der Waals surface area contributed by atoms with Crippen molar-refractivity contribution in [3.05, 3.63) is 59.1 Å². The summed E-state index contributed by atoms with van der Waals surface area (Å²) in [6, 6.07) is 9.91. The van der Waals surface area contributed by atoms with Gasteiger partial charge in [-0.1, -0.05) is 30.3 Å². The molecule has 4 heterocycles. The van der Waals surface area contributed by atoms with E-state index in [9.17, 15) is 5.11 Å². The number of hydrogen-bond donors (Lipinski definition) is 1. The van der Waals surface area contributed by atoms with E-state index < -0.39 is 11.7 Å². The molecule has 1 spiro atoms. The molecular formula is C23H26N2O5. The molecule has 7 nitrogen and oxygen atoms in total. The van der Waals surface area contributed by atoms with E-state index >= 15 is 0 Å². The average molecular weight is 410 g/mol. The first-order chi connectivity index (χ1) is 14.7. The standard InChI is InChI=1S/C23H26N2O5/c1-27-17-12-15-11-16-19(25-9-5-6-10-25)20-18(21(26)23(16,17)29-15)22(24-30-20)28-13-14-7-3-2-4-8-14/h2-4,7-8,12,15-16,19,21,26H,5-6,9-11,13H2,1H3/t15?,16?,19-,21?,23?/m0/s1. The summed E-state index contributed by atoms with van der Waals surface area (Å²) in [7, 11) is 1.65. The van der Waals surface area contributed by atoms with Gasteiger partial charge in [-0.05, 0) is 49.1 Å². The largest absolute Gasteiger partial charge is 0.498 e. The Morgan fingerprint density at radius 1 is 1.23 bits per heavy atom. The summed E-state index contributed by atoms with van der Waals surface area (Å²) < 4.78 is 24.0. The number of ether oxygens (including phenoxy) is 3. The van der Waals surface area contributed by atoms with E-state index in [-0.39, 0.29) is 18.1 Å². The number of hydrogen-bond acceptors (Lipinski definition) is 7. The molecule has 5 atom stereocenters. The first-order valence-electron chi connectivity index (χ1n) is 10.7. The third-order valence-corrected chi connectivity index (χ3v) is 7.13. The van der Waals surface area contributed by atoms with Gasteiger partial charge in [0.2, 0.25) is 0 Å². The fourth-order valence-electron chi connectivity index (χ4n) is 5.87. The number of rotatable bonds is 5. The fourth-order valence-corrected chi connectivity index (χ4v) is 5.87. The lowest BCUT2D eigenvalue weighted by Gasteiger charge is -2.46. The summed E-state index contributed by atoms with van der Waals surface area (Å²) in [6.07, 6.45) is 4.17. The molecule has 6 rings (SSSR count). The monoisotopic (exact) mass is 410 g/mol. The lowest BCUT2D eigenvalue weighted by Crippen LogP contribution is -2.52. The van der Waals surface area contributed by atoms with E-state index in [1.54, 1.807) is 7.11 Å². The van der Waals surface area contributed by atoms with E-state index in [0.29, 0.717) is 23.8 Å². The van der Waals surface area contributed by atoms with Crippen molar-refractivity contribution < 1.29 is 23.8 Å². The Labute approximate surface area is 175 Å². The SMILES string of the molecule is COC1=CC2CC3[C@H](N4CCCC4)c4onc(OCc5ccccc5)c4C(O)C13O2. The third kappa shape index (κ3) is 2.46. The van der Waals surface area contributed by atoms with Gasteiger partial charge in [0, 0.05) is 5.92 Å². The predicted octanol–water partition coefficient (Wildman–Crippen LogP) is 3.13. The van der Waals surface area contributed by atoms with E-state index in [2.05, 4.69) is 10.1 Å². The Hall–Kier alpha value is -2.35. The number of aromatic nitrogens is 1. The second-order valence-electron chi connectivity index (χ2n) is 8.66. The fraction of sp³-hybridized carbons (Fsp3) is 0.522. The molecule has 2 bridgehead atoms. The maximum Gasteiger partial charge on any atom is 0.260 e. The second kappa shape index (κ2) is 6.83. The van der Waals surface area contributed by atoms with Crippen LogP contribution in [0.3, 0.4) is 0 Å². The van der Waals surface area contributed by atoms with Crippen LogP contribution in [0.1, 0.15) is 48.3 Å². The number of methoxy groups -OCH3 is 1. The van der Waals surface area contributed by atoms with Crippen molar-refractivity contribution in [1.29, 1.82) is 0 Å². The lowest BCUT2D eigenvalue weighted by atomic mass is 9.66. The van der Waals surface area contributed by atoms with Gasteiger partial charge in [-0.2, -0.15) is 0 Å². The molecule has 4 aliphatic rings. The molecule has 3 aliphatic heterocycles. The number of fused-ring (bicyclic) bond motifs is 2. The molecule has 0 amide bonds. The van der Waals surface area contributed by atoms with Crippen LogP contribution in [0.2, 0.25) is 0 Å². The number of nitrogens with zero attached hydrogens (tertiary/aromatic N) is 2. The molecule has 158 valence electrons. The van der Waals surface area contributed by atoms with Gasteiger partial charge in [-0.3, -0.25) is 4.90 Å². The van der Waals surface area contributed by atoms with Crippen LogP contribution in [-0.4, -0.2) is 47.1 Å². The van der Waals surface area contributed by atoms with Crippen molar-refractivity contribution in [1.82, 2.24) is 10.1 Å². The second-order valence-corrected chi connectivity index (χ2v) is 8.66. The van der Waals surface area contributed by atoms with Crippen LogP contribution >= 0.6 is 0 Å². The van der Waals surface area contributed by atoms with Gasteiger partial charge in [0.05, 0.1) is 24.8 Å². The van der Waals surface area contributed by atoms with E-state index in [0.717, 1.165) is 43.7 Å². The normalized spacial score (nSPS) is 34.5. The summed E-state index contributed by atoms with van der Waals surface area (Å²) in [6.45, 7) is 2.36. The first-order valence-corrected chi connectivity index (χ1v) is 10.7. The van der Waals surface area contributed by atoms with Gasteiger partial charge in [-0.25, -0.2) is 0 Å². The van der Waals surface area contributed by atoms with E-state index in [1.807, 2.05) is 36.4 Å². The molecular weight excluding hydrogens is 384 g/mol. The molecule has 2 saturated heterocycles. The average Bonchev–Trinajstić information content (AvgIpc) is 3.56. The van der Waals surface area contributed by atoms with Crippen LogP contribution in [0.25, 0.3) is 0 Å². The number of likely N-dealkylation sites (tertiary alicyclic amines) is 1. The topological polar surface area (TPSA) is 77.2 Å². The van der Waals surface area contributed by atoms with Crippen molar-refractivity contribution >= 4 is 0 Å². The van der Waals surface area contributed by atoms with Crippen LogP contribution < -0.4 is 4.74 Å². The molecule has 1 aliphatic carbocycles. The molecule has 4 unspecified atom stereocenters. The molecule has 2 fully saturated rings. The zero-order valence-corrected chi connectivity index (χ0v) is 17.0. The summed E-state index contributed by atoms with van der Waals surface area (Å²) in [5, 5.41) is 15.8. The Kier molecular flexibility index (Phi) is 4.20. The Balaban J connectivity index is 1.42. The van der Waals surface area contributed by atoms with Crippen LogP contribution in [-0.2, 0) is 16.1 Å². The molecule has 2 aromatic rings. The van der Waals surface area contributed by atoms with Gasteiger partial charge in [0.25, 0.3) is 5.88 Å². The third-order valence-electron chi connectivity index (χ3n) is 7.13. The molecule has 1 N–H and O–H groups in total. The molecule has 7 heteroatoms. The van der Waals surface area contributed by atoms with Crippen molar-refractivity contribution in [3.63, 3.8) is 0 Å². The Morgan fingerprint density at radius 3 is 2.80 bits per heavy atom. The summed E-state index contributed by atoms with van der Waals surface area (Å²) in [4.78, 5) is 2.45. The van der Waals surface area contributed by atoms with Crippen molar-refractivity contribution in [2.75, 3.05) is 20.2 Å². The minimum absolute atomic E-state index is 0.00340. The first kappa shape index (κ1) is 18.4. The molecule has 0 saturated carbocycles. The van der Waals surface area contributed by atoms with Crippen molar-refractivity contribution in [3.8, 4) is 5.88 Å². The van der Waals surface area contributed by atoms with Gasteiger partial charge in [-0.15, -0.1) is 0 Å². The van der Waals surface area contributed by atoms with Gasteiger partial charge in [0.15, 0.2) is 11.4 Å². The van der Waals surface area contributed by atoms with Crippen LogP contribution in [0, 0.1) is 5.92 Å². The lowest BCUT2D eigenvalue weighted by molar-refractivity contribution is -0.133. The number of benzene rings is 1. The molecule has 30 heavy (non-hydrogen) atoms.